The molecule has 1 aliphatic rings. The maximum absolute atomic E-state index is 6.23. The van der Waals surface area contributed by atoms with E-state index in [1.165, 1.54) is 0 Å². The fraction of sp³-hybridized carbons (Fsp3) is 0.357. The average Bonchev–Trinajstić information content (AvgIpc) is 2.72. The minimum Gasteiger partial charge on any atom is -0.490 e. The number of fused-ring (bicyclic) bond motifs is 1. The first-order chi connectivity index (χ1) is 9.24. The van der Waals surface area contributed by atoms with E-state index in [-0.39, 0.29) is 6.04 Å². The van der Waals surface area contributed by atoms with Gasteiger partial charge in [0.15, 0.2) is 11.5 Å². The summed E-state index contributed by atoms with van der Waals surface area (Å²) in [5, 5.41) is 4.34. The van der Waals surface area contributed by atoms with Gasteiger partial charge in [-0.2, -0.15) is 5.10 Å². The molecule has 1 atom stereocenters. The van der Waals surface area contributed by atoms with Crippen LogP contribution in [0.4, 0.5) is 0 Å². The molecule has 0 radical (unpaired) electrons. The standard InChI is InChI=1S/C14H17N3O2/c1-17-6-5-11(16-17)14(15)10-3-4-12-13(9-10)19-8-2-7-18-12/h3-6,9,14H,2,7-8,15H2,1H3. The second-order valence-corrected chi connectivity index (χ2v) is 4.65. The lowest BCUT2D eigenvalue weighted by Gasteiger charge is -2.13. The van der Waals surface area contributed by atoms with Crippen LogP contribution >= 0.6 is 0 Å². The van der Waals surface area contributed by atoms with Gasteiger partial charge in [-0.3, -0.25) is 4.68 Å². The highest BCUT2D eigenvalue weighted by molar-refractivity contribution is 5.45. The molecule has 2 heterocycles. The number of rotatable bonds is 2. The van der Waals surface area contributed by atoms with Crippen molar-refractivity contribution in [3.8, 4) is 11.5 Å². The highest BCUT2D eigenvalue weighted by Crippen LogP contribution is 2.32. The summed E-state index contributed by atoms with van der Waals surface area (Å²) < 4.78 is 13.0. The monoisotopic (exact) mass is 259 g/mol. The Morgan fingerprint density at radius 3 is 2.74 bits per heavy atom. The van der Waals surface area contributed by atoms with E-state index in [2.05, 4.69) is 5.10 Å². The number of hydrogen-bond donors (Lipinski definition) is 1. The maximum atomic E-state index is 6.23. The third-order valence-electron chi connectivity index (χ3n) is 3.18. The van der Waals surface area contributed by atoms with Gasteiger partial charge in [0.25, 0.3) is 0 Å². The summed E-state index contributed by atoms with van der Waals surface area (Å²) in [4.78, 5) is 0. The van der Waals surface area contributed by atoms with Crippen molar-refractivity contribution in [3.05, 3.63) is 41.7 Å². The quantitative estimate of drug-likeness (QED) is 0.890. The van der Waals surface area contributed by atoms with Gasteiger partial charge in [0.05, 0.1) is 24.9 Å². The molecular weight excluding hydrogens is 242 g/mol. The van der Waals surface area contributed by atoms with Crippen LogP contribution in [-0.4, -0.2) is 23.0 Å². The van der Waals surface area contributed by atoms with Crippen LogP contribution in [0.25, 0.3) is 0 Å². The van der Waals surface area contributed by atoms with Crippen LogP contribution in [0.3, 0.4) is 0 Å². The van der Waals surface area contributed by atoms with Gasteiger partial charge in [0.1, 0.15) is 0 Å². The van der Waals surface area contributed by atoms with Crippen molar-refractivity contribution in [1.82, 2.24) is 9.78 Å². The molecule has 1 unspecified atom stereocenters. The Balaban J connectivity index is 1.91. The number of benzene rings is 1. The van der Waals surface area contributed by atoms with Crippen LogP contribution in [0.2, 0.25) is 0 Å². The van der Waals surface area contributed by atoms with Crippen molar-refractivity contribution in [3.63, 3.8) is 0 Å². The Labute approximate surface area is 111 Å². The van der Waals surface area contributed by atoms with E-state index in [4.69, 9.17) is 15.2 Å². The van der Waals surface area contributed by atoms with Crippen LogP contribution in [-0.2, 0) is 7.05 Å². The molecule has 0 amide bonds. The van der Waals surface area contributed by atoms with E-state index in [1.807, 2.05) is 37.5 Å². The predicted molar refractivity (Wildman–Crippen MR) is 71.3 cm³/mol. The number of nitrogens with two attached hydrogens (primary N) is 1. The fourth-order valence-electron chi connectivity index (χ4n) is 2.14. The van der Waals surface area contributed by atoms with E-state index in [9.17, 15) is 0 Å². The molecule has 0 fully saturated rings. The molecular formula is C14H17N3O2. The van der Waals surface area contributed by atoms with Gasteiger partial charge in [-0.25, -0.2) is 0 Å². The van der Waals surface area contributed by atoms with Gasteiger partial charge in [0.2, 0.25) is 0 Å². The van der Waals surface area contributed by atoms with E-state index >= 15 is 0 Å². The Morgan fingerprint density at radius 1 is 1.21 bits per heavy atom. The first kappa shape index (κ1) is 12.0. The molecule has 19 heavy (non-hydrogen) atoms. The SMILES string of the molecule is Cn1ccc(C(N)c2ccc3c(c2)OCCCO3)n1. The van der Waals surface area contributed by atoms with Crippen LogP contribution in [0.15, 0.2) is 30.5 Å². The molecule has 1 aromatic carbocycles. The van der Waals surface area contributed by atoms with Crippen LogP contribution in [0, 0.1) is 0 Å². The molecule has 5 heteroatoms. The molecule has 1 aromatic heterocycles. The molecule has 0 spiro atoms. The lowest BCUT2D eigenvalue weighted by molar-refractivity contribution is 0.297. The van der Waals surface area contributed by atoms with Crippen molar-refractivity contribution < 1.29 is 9.47 Å². The first-order valence-electron chi connectivity index (χ1n) is 6.39. The van der Waals surface area contributed by atoms with Crippen LogP contribution in [0.1, 0.15) is 23.7 Å². The third-order valence-corrected chi connectivity index (χ3v) is 3.18. The topological polar surface area (TPSA) is 62.3 Å². The normalized spacial score (nSPS) is 15.9. The van der Waals surface area contributed by atoms with Gasteiger partial charge in [0, 0.05) is 19.7 Å². The second kappa shape index (κ2) is 4.93. The summed E-state index contributed by atoms with van der Waals surface area (Å²) >= 11 is 0. The highest BCUT2D eigenvalue weighted by atomic mass is 16.5. The Hall–Kier alpha value is -2.01. The molecule has 2 aromatic rings. The summed E-state index contributed by atoms with van der Waals surface area (Å²) in [7, 11) is 1.88. The predicted octanol–water partition coefficient (Wildman–Crippen LogP) is 1.63. The van der Waals surface area contributed by atoms with Gasteiger partial charge >= 0.3 is 0 Å². The van der Waals surface area contributed by atoms with Crippen molar-refractivity contribution in [2.45, 2.75) is 12.5 Å². The van der Waals surface area contributed by atoms with E-state index in [0.29, 0.717) is 13.2 Å². The molecule has 0 bridgehead atoms. The largest absolute Gasteiger partial charge is 0.490 e. The van der Waals surface area contributed by atoms with E-state index in [1.54, 1.807) is 4.68 Å². The lowest BCUT2D eigenvalue weighted by atomic mass is 10.0. The first-order valence-corrected chi connectivity index (χ1v) is 6.39. The van der Waals surface area contributed by atoms with Crippen molar-refractivity contribution in [2.75, 3.05) is 13.2 Å². The van der Waals surface area contributed by atoms with Gasteiger partial charge in [-0.15, -0.1) is 0 Å². The minimum absolute atomic E-state index is 0.252. The van der Waals surface area contributed by atoms with Crippen molar-refractivity contribution in [2.24, 2.45) is 12.8 Å². The summed E-state index contributed by atoms with van der Waals surface area (Å²) in [5.74, 6) is 1.55. The third kappa shape index (κ3) is 2.42. The Bertz CT molecular complexity index is 580. The number of aryl methyl sites for hydroxylation is 1. The molecule has 5 nitrogen and oxygen atoms in total. The molecule has 3 rings (SSSR count). The van der Waals surface area contributed by atoms with Gasteiger partial charge < -0.3 is 15.2 Å². The second-order valence-electron chi connectivity index (χ2n) is 4.65. The molecule has 2 N–H and O–H groups in total. The number of aromatic nitrogens is 2. The smallest absolute Gasteiger partial charge is 0.161 e. The average molecular weight is 259 g/mol. The summed E-state index contributed by atoms with van der Waals surface area (Å²) in [6, 6.07) is 7.50. The molecule has 0 saturated heterocycles. The fourth-order valence-corrected chi connectivity index (χ4v) is 2.14. The Kier molecular flexibility index (Phi) is 3.13. The summed E-state index contributed by atoms with van der Waals surface area (Å²) in [5.41, 5.74) is 8.05. The minimum atomic E-state index is -0.252. The number of nitrogens with zero attached hydrogens (tertiary/aromatic N) is 2. The maximum Gasteiger partial charge on any atom is 0.161 e. The van der Waals surface area contributed by atoms with Crippen LogP contribution < -0.4 is 15.2 Å². The van der Waals surface area contributed by atoms with Gasteiger partial charge in [-0.1, -0.05) is 6.07 Å². The molecule has 100 valence electrons. The van der Waals surface area contributed by atoms with Crippen molar-refractivity contribution in [1.29, 1.82) is 0 Å². The number of hydrogen-bond acceptors (Lipinski definition) is 4. The lowest BCUT2D eigenvalue weighted by Crippen LogP contribution is -2.13. The van der Waals surface area contributed by atoms with Crippen molar-refractivity contribution >= 4 is 0 Å². The molecule has 0 aliphatic carbocycles. The summed E-state index contributed by atoms with van der Waals surface area (Å²) in [6.45, 7) is 1.37. The van der Waals surface area contributed by atoms with Gasteiger partial charge in [-0.05, 0) is 23.8 Å². The highest BCUT2D eigenvalue weighted by Gasteiger charge is 2.16. The van der Waals surface area contributed by atoms with Crippen LogP contribution in [0.5, 0.6) is 11.5 Å². The zero-order valence-electron chi connectivity index (χ0n) is 10.9. The zero-order valence-corrected chi connectivity index (χ0v) is 10.9. The zero-order chi connectivity index (χ0) is 13.2. The molecule has 0 saturated carbocycles. The Morgan fingerprint density at radius 2 is 2.00 bits per heavy atom. The molecule has 1 aliphatic heterocycles. The summed E-state index contributed by atoms with van der Waals surface area (Å²) in [6.07, 6.45) is 2.79. The van der Waals surface area contributed by atoms with E-state index < -0.39 is 0 Å². The number of ether oxygens (including phenoxy) is 2. The van der Waals surface area contributed by atoms with E-state index in [0.717, 1.165) is 29.2 Å².